The third-order valence-electron chi connectivity index (χ3n) is 2.38. The fraction of sp³-hybridized carbons (Fsp3) is 0.417. The standard InChI is InChI=1S/C12H16O3/c1-8-4-5-9(2)10(6-8)11(13)7-12(14)15-3/h4-6,11,13H,7H2,1-3H3/t11-/m0/s1. The van der Waals surface area contributed by atoms with Gasteiger partial charge in [0.25, 0.3) is 0 Å². The van der Waals surface area contributed by atoms with E-state index in [0.29, 0.717) is 0 Å². The van der Waals surface area contributed by atoms with Crippen LogP contribution >= 0.6 is 0 Å². The van der Waals surface area contributed by atoms with E-state index >= 15 is 0 Å². The predicted molar refractivity (Wildman–Crippen MR) is 57.5 cm³/mol. The minimum absolute atomic E-state index is 0.000787. The molecule has 0 radical (unpaired) electrons. The Morgan fingerprint density at radius 1 is 1.47 bits per heavy atom. The molecule has 0 aliphatic heterocycles. The molecule has 1 aromatic carbocycles. The Balaban J connectivity index is 2.85. The zero-order valence-electron chi connectivity index (χ0n) is 9.28. The first-order valence-corrected chi connectivity index (χ1v) is 4.86. The van der Waals surface area contributed by atoms with E-state index in [2.05, 4.69) is 4.74 Å². The van der Waals surface area contributed by atoms with Crippen molar-refractivity contribution in [1.82, 2.24) is 0 Å². The minimum Gasteiger partial charge on any atom is -0.469 e. The number of methoxy groups -OCH3 is 1. The van der Waals surface area contributed by atoms with Crippen molar-refractivity contribution in [3.05, 3.63) is 34.9 Å². The van der Waals surface area contributed by atoms with Crippen molar-refractivity contribution in [2.75, 3.05) is 7.11 Å². The van der Waals surface area contributed by atoms with Gasteiger partial charge in [-0.1, -0.05) is 23.8 Å². The monoisotopic (exact) mass is 208 g/mol. The van der Waals surface area contributed by atoms with Crippen molar-refractivity contribution in [1.29, 1.82) is 0 Å². The largest absolute Gasteiger partial charge is 0.469 e. The highest BCUT2D eigenvalue weighted by molar-refractivity contribution is 5.70. The normalized spacial score (nSPS) is 12.3. The minimum atomic E-state index is -0.780. The van der Waals surface area contributed by atoms with E-state index in [4.69, 9.17) is 0 Å². The van der Waals surface area contributed by atoms with Crippen molar-refractivity contribution in [3.8, 4) is 0 Å². The van der Waals surface area contributed by atoms with Crippen LogP contribution in [0, 0.1) is 13.8 Å². The van der Waals surface area contributed by atoms with Crippen LogP contribution in [-0.2, 0) is 9.53 Å². The van der Waals surface area contributed by atoms with Crippen molar-refractivity contribution < 1.29 is 14.6 Å². The average Bonchev–Trinajstić information content (AvgIpc) is 2.21. The summed E-state index contributed by atoms with van der Waals surface area (Å²) in [6.07, 6.45) is -0.779. The number of aryl methyl sites for hydroxylation is 2. The Bertz CT molecular complexity index is 358. The first kappa shape index (κ1) is 11.7. The van der Waals surface area contributed by atoms with Gasteiger partial charge in [-0.25, -0.2) is 0 Å². The molecule has 1 N–H and O–H groups in total. The number of hydrogen-bond donors (Lipinski definition) is 1. The van der Waals surface area contributed by atoms with Gasteiger partial charge in [-0.05, 0) is 25.0 Å². The quantitative estimate of drug-likeness (QED) is 0.772. The highest BCUT2D eigenvalue weighted by Gasteiger charge is 2.15. The van der Waals surface area contributed by atoms with Crippen LogP contribution in [0.5, 0.6) is 0 Å². The molecule has 0 bridgehead atoms. The third kappa shape index (κ3) is 3.06. The predicted octanol–water partition coefficient (Wildman–Crippen LogP) is 1.90. The lowest BCUT2D eigenvalue weighted by Gasteiger charge is -2.13. The fourth-order valence-electron chi connectivity index (χ4n) is 1.47. The first-order chi connectivity index (χ1) is 7.04. The van der Waals surface area contributed by atoms with Gasteiger partial charge in [0, 0.05) is 0 Å². The molecule has 15 heavy (non-hydrogen) atoms. The molecule has 0 aromatic heterocycles. The number of carbonyl (C=O) groups excluding carboxylic acids is 1. The maximum atomic E-state index is 11.0. The first-order valence-electron chi connectivity index (χ1n) is 4.86. The Morgan fingerprint density at radius 3 is 2.73 bits per heavy atom. The molecular weight excluding hydrogens is 192 g/mol. The Kier molecular flexibility index (Phi) is 3.86. The van der Waals surface area contributed by atoms with Gasteiger partial charge in [-0.3, -0.25) is 4.79 Å². The van der Waals surface area contributed by atoms with Crippen LogP contribution in [0.3, 0.4) is 0 Å². The molecule has 0 aliphatic rings. The zero-order valence-corrected chi connectivity index (χ0v) is 9.28. The van der Waals surface area contributed by atoms with E-state index in [1.54, 1.807) is 0 Å². The molecule has 1 rings (SSSR count). The number of carbonyl (C=O) groups is 1. The molecule has 3 heteroatoms. The van der Waals surface area contributed by atoms with Gasteiger partial charge in [0.05, 0.1) is 19.6 Å². The number of benzene rings is 1. The topological polar surface area (TPSA) is 46.5 Å². The molecule has 0 saturated carbocycles. The molecule has 1 aromatic rings. The summed E-state index contributed by atoms with van der Waals surface area (Å²) in [6, 6.07) is 5.80. The number of aliphatic hydroxyl groups excluding tert-OH is 1. The summed E-state index contributed by atoms with van der Waals surface area (Å²) in [4.78, 5) is 11.0. The van der Waals surface area contributed by atoms with Gasteiger partial charge in [-0.15, -0.1) is 0 Å². The van der Waals surface area contributed by atoms with E-state index in [-0.39, 0.29) is 6.42 Å². The van der Waals surface area contributed by atoms with Crippen LogP contribution in [0.1, 0.15) is 29.2 Å². The highest BCUT2D eigenvalue weighted by atomic mass is 16.5. The summed E-state index contributed by atoms with van der Waals surface area (Å²) in [5.41, 5.74) is 2.84. The molecule has 0 heterocycles. The summed E-state index contributed by atoms with van der Waals surface area (Å²) in [5.74, 6) is -0.400. The van der Waals surface area contributed by atoms with Gasteiger partial charge >= 0.3 is 5.97 Å². The molecular formula is C12H16O3. The number of aliphatic hydroxyl groups is 1. The second kappa shape index (κ2) is 4.94. The fourth-order valence-corrected chi connectivity index (χ4v) is 1.47. The zero-order chi connectivity index (χ0) is 11.4. The Morgan fingerprint density at radius 2 is 2.13 bits per heavy atom. The second-order valence-corrected chi connectivity index (χ2v) is 3.66. The number of esters is 1. The summed E-state index contributed by atoms with van der Waals surface area (Å²) < 4.78 is 4.51. The molecule has 0 saturated heterocycles. The Labute approximate surface area is 89.7 Å². The second-order valence-electron chi connectivity index (χ2n) is 3.66. The smallest absolute Gasteiger partial charge is 0.308 e. The molecule has 0 fully saturated rings. The maximum Gasteiger partial charge on any atom is 0.308 e. The van der Waals surface area contributed by atoms with Crippen LogP contribution in [0.15, 0.2) is 18.2 Å². The Hall–Kier alpha value is -1.35. The van der Waals surface area contributed by atoms with Crippen LogP contribution in [0.2, 0.25) is 0 Å². The molecule has 0 amide bonds. The molecule has 3 nitrogen and oxygen atoms in total. The average molecular weight is 208 g/mol. The van der Waals surface area contributed by atoms with Crippen LogP contribution in [0.25, 0.3) is 0 Å². The molecule has 82 valence electrons. The third-order valence-corrected chi connectivity index (χ3v) is 2.38. The summed E-state index contributed by atoms with van der Waals surface area (Å²) in [6.45, 7) is 3.86. The van der Waals surface area contributed by atoms with Crippen molar-refractivity contribution in [3.63, 3.8) is 0 Å². The van der Waals surface area contributed by atoms with Gasteiger partial charge in [0.15, 0.2) is 0 Å². The lowest BCUT2D eigenvalue weighted by atomic mass is 9.99. The van der Waals surface area contributed by atoms with E-state index in [9.17, 15) is 9.90 Å². The number of hydrogen-bond acceptors (Lipinski definition) is 3. The SMILES string of the molecule is COC(=O)C[C@H](O)c1cc(C)ccc1C. The van der Waals surface area contributed by atoms with Crippen LogP contribution in [-0.4, -0.2) is 18.2 Å². The van der Waals surface area contributed by atoms with E-state index in [1.165, 1.54) is 7.11 Å². The highest BCUT2D eigenvalue weighted by Crippen LogP contribution is 2.22. The molecule has 0 unspecified atom stereocenters. The van der Waals surface area contributed by atoms with Gasteiger partial charge in [-0.2, -0.15) is 0 Å². The van der Waals surface area contributed by atoms with Crippen molar-refractivity contribution >= 4 is 5.97 Å². The summed E-state index contributed by atoms with van der Waals surface area (Å²) in [5, 5.41) is 9.83. The van der Waals surface area contributed by atoms with Gasteiger partial charge < -0.3 is 9.84 Å². The van der Waals surface area contributed by atoms with E-state index < -0.39 is 12.1 Å². The summed E-state index contributed by atoms with van der Waals surface area (Å²) >= 11 is 0. The van der Waals surface area contributed by atoms with E-state index in [1.807, 2.05) is 32.0 Å². The molecule has 0 spiro atoms. The summed E-state index contributed by atoms with van der Waals surface area (Å²) in [7, 11) is 1.32. The van der Waals surface area contributed by atoms with Crippen molar-refractivity contribution in [2.24, 2.45) is 0 Å². The molecule has 1 atom stereocenters. The number of rotatable bonds is 3. The van der Waals surface area contributed by atoms with Crippen LogP contribution < -0.4 is 0 Å². The maximum absolute atomic E-state index is 11.0. The lowest BCUT2D eigenvalue weighted by molar-refractivity contribution is -0.142. The molecule has 0 aliphatic carbocycles. The van der Waals surface area contributed by atoms with Gasteiger partial charge in [0.1, 0.15) is 0 Å². The van der Waals surface area contributed by atoms with Crippen LogP contribution in [0.4, 0.5) is 0 Å². The van der Waals surface area contributed by atoms with E-state index in [0.717, 1.165) is 16.7 Å². The lowest BCUT2D eigenvalue weighted by Crippen LogP contribution is -2.09. The van der Waals surface area contributed by atoms with Crippen molar-refractivity contribution in [2.45, 2.75) is 26.4 Å². The number of ether oxygens (including phenoxy) is 1. The van der Waals surface area contributed by atoms with Gasteiger partial charge in [0.2, 0.25) is 0 Å².